The summed E-state index contributed by atoms with van der Waals surface area (Å²) in [6.45, 7) is -0.782. The van der Waals surface area contributed by atoms with E-state index in [-0.39, 0.29) is 30.5 Å². The van der Waals surface area contributed by atoms with Gasteiger partial charge in [0.1, 0.15) is 24.1 Å². The largest absolute Gasteiger partial charge is 0.487 e. The lowest BCUT2D eigenvalue weighted by molar-refractivity contribution is -0.140. The number of nitrogens with two attached hydrogens (primary N) is 1. The van der Waals surface area contributed by atoms with Gasteiger partial charge in [0.2, 0.25) is 0 Å². The quantitative estimate of drug-likeness (QED) is 0.264. The minimum absolute atomic E-state index is 0.0102. The predicted molar refractivity (Wildman–Crippen MR) is 135 cm³/mol. The number of nitrogens with one attached hydrogen (secondary N) is 1. The number of hydrogen-bond acceptors (Lipinski definition) is 6. The molecule has 0 spiro atoms. The number of primary amides is 1. The highest BCUT2D eigenvalue weighted by atomic mass is 79.9. The smallest absolute Gasteiger partial charge is 0.323 e. The van der Waals surface area contributed by atoms with Crippen molar-refractivity contribution in [1.82, 2.24) is 5.32 Å². The minimum atomic E-state index is -1.21. The molecule has 0 heterocycles. The molecule has 3 rings (SSSR count). The maximum absolute atomic E-state index is 11.2. The van der Waals surface area contributed by atoms with Gasteiger partial charge in [0.05, 0.1) is 11.6 Å². The number of ether oxygens (including phenoxy) is 2. The van der Waals surface area contributed by atoms with Crippen molar-refractivity contribution in [2.45, 2.75) is 19.2 Å². The molecule has 0 unspecified atom stereocenters. The Morgan fingerprint density at radius 2 is 1.77 bits per heavy atom. The van der Waals surface area contributed by atoms with E-state index in [2.05, 4.69) is 21.2 Å². The van der Waals surface area contributed by atoms with Gasteiger partial charge in [-0.05, 0) is 33.1 Å². The lowest BCUT2D eigenvalue weighted by Crippen LogP contribution is -2.39. The Balaban J connectivity index is 1.82. The number of aliphatic carboxylic acids is 1. The van der Waals surface area contributed by atoms with E-state index in [1.165, 1.54) is 6.07 Å². The number of hydrogen-bond donors (Lipinski definition) is 4. The average molecular weight is 564 g/mol. The SMILES string of the molecule is NC(=O)COc1cc(OCc2cccc(-c3ccccc3)c2Br)c(Cl)cc1CN[C@@H](CO)C(=O)O. The van der Waals surface area contributed by atoms with E-state index in [1.807, 2.05) is 48.5 Å². The highest BCUT2D eigenvalue weighted by molar-refractivity contribution is 9.10. The van der Waals surface area contributed by atoms with Crippen LogP contribution in [0.3, 0.4) is 0 Å². The Kier molecular flexibility index (Phi) is 9.50. The van der Waals surface area contributed by atoms with Crippen molar-refractivity contribution in [3.63, 3.8) is 0 Å². The molecule has 5 N–H and O–H groups in total. The Hall–Kier alpha value is -3.11. The second-order valence-corrected chi connectivity index (χ2v) is 8.73. The molecule has 0 fully saturated rings. The highest BCUT2D eigenvalue weighted by Gasteiger charge is 2.18. The van der Waals surface area contributed by atoms with Crippen LogP contribution in [0.2, 0.25) is 5.02 Å². The normalized spacial score (nSPS) is 11.6. The zero-order valence-corrected chi connectivity index (χ0v) is 20.9. The monoisotopic (exact) mass is 562 g/mol. The van der Waals surface area contributed by atoms with Crippen molar-refractivity contribution in [1.29, 1.82) is 0 Å². The van der Waals surface area contributed by atoms with E-state index in [9.17, 15) is 14.7 Å². The molecule has 0 aromatic heterocycles. The summed E-state index contributed by atoms with van der Waals surface area (Å²) in [5.41, 5.74) is 8.63. The van der Waals surface area contributed by atoms with E-state index in [0.29, 0.717) is 11.3 Å². The Labute approximate surface area is 215 Å². The number of aliphatic hydroxyl groups is 1. The van der Waals surface area contributed by atoms with Crippen LogP contribution in [0.1, 0.15) is 11.1 Å². The second kappa shape index (κ2) is 12.6. The number of carboxylic acids is 1. The Morgan fingerprint density at radius 3 is 2.43 bits per heavy atom. The van der Waals surface area contributed by atoms with Gasteiger partial charge in [-0.3, -0.25) is 14.9 Å². The van der Waals surface area contributed by atoms with Crippen LogP contribution in [0.25, 0.3) is 11.1 Å². The number of rotatable bonds is 12. The van der Waals surface area contributed by atoms with Crippen LogP contribution in [0.15, 0.2) is 65.1 Å². The van der Waals surface area contributed by atoms with Gasteiger partial charge in [-0.1, -0.05) is 60.1 Å². The van der Waals surface area contributed by atoms with Crippen molar-refractivity contribution in [2.24, 2.45) is 5.73 Å². The molecule has 35 heavy (non-hydrogen) atoms. The van der Waals surface area contributed by atoms with E-state index >= 15 is 0 Å². The molecule has 0 saturated carbocycles. The van der Waals surface area contributed by atoms with Gasteiger partial charge in [0.15, 0.2) is 6.61 Å². The zero-order chi connectivity index (χ0) is 25.4. The molecule has 3 aromatic carbocycles. The fourth-order valence-corrected chi connectivity index (χ4v) is 4.11. The van der Waals surface area contributed by atoms with E-state index in [0.717, 1.165) is 21.2 Å². The van der Waals surface area contributed by atoms with Crippen molar-refractivity contribution in [3.05, 3.63) is 81.3 Å². The van der Waals surface area contributed by atoms with Crippen LogP contribution in [-0.2, 0) is 22.7 Å². The van der Waals surface area contributed by atoms with Crippen molar-refractivity contribution < 1.29 is 29.3 Å². The van der Waals surface area contributed by atoms with Crippen LogP contribution < -0.4 is 20.5 Å². The maximum Gasteiger partial charge on any atom is 0.323 e. The number of aliphatic hydroxyl groups excluding tert-OH is 1. The van der Waals surface area contributed by atoms with E-state index in [1.54, 1.807) is 6.07 Å². The van der Waals surface area contributed by atoms with Gasteiger partial charge in [-0.25, -0.2) is 0 Å². The summed E-state index contributed by atoms with van der Waals surface area (Å²) in [4.78, 5) is 22.4. The summed E-state index contributed by atoms with van der Waals surface area (Å²) in [7, 11) is 0. The van der Waals surface area contributed by atoms with Crippen molar-refractivity contribution in [2.75, 3.05) is 13.2 Å². The summed E-state index contributed by atoms with van der Waals surface area (Å²) < 4.78 is 12.4. The molecule has 10 heteroatoms. The lowest BCUT2D eigenvalue weighted by Gasteiger charge is -2.17. The molecule has 8 nitrogen and oxygen atoms in total. The molecule has 0 aliphatic carbocycles. The van der Waals surface area contributed by atoms with Crippen LogP contribution in [0.4, 0.5) is 0 Å². The molecule has 0 saturated heterocycles. The molecule has 1 amide bonds. The van der Waals surface area contributed by atoms with Gasteiger partial charge in [0, 0.05) is 28.2 Å². The van der Waals surface area contributed by atoms with Gasteiger partial charge in [0.25, 0.3) is 5.91 Å². The topological polar surface area (TPSA) is 131 Å². The summed E-state index contributed by atoms with van der Waals surface area (Å²) in [6, 6.07) is 17.7. The molecule has 0 aliphatic heterocycles. The zero-order valence-electron chi connectivity index (χ0n) is 18.5. The minimum Gasteiger partial charge on any atom is -0.487 e. The first-order valence-corrected chi connectivity index (χ1v) is 11.7. The lowest BCUT2D eigenvalue weighted by atomic mass is 10.0. The number of carbonyl (C=O) groups is 2. The summed E-state index contributed by atoms with van der Waals surface area (Å²) in [6.07, 6.45) is 0. The highest BCUT2D eigenvalue weighted by Crippen LogP contribution is 2.35. The molecular weight excluding hydrogens is 540 g/mol. The van der Waals surface area contributed by atoms with Crippen molar-refractivity contribution in [3.8, 4) is 22.6 Å². The second-order valence-electron chi connectivity index (χ2n) is 7.53. The first-order chi connectivity index (χ1) is 16.8. The molecule has 184 valence electrons. The Morgan fingerprint density at radius 1 is 1.03 bits per heavy atom. The van der Waals surface area contributed by atoms with Crippen LogP contribution in [0.5, 0.6) is 11.5 Å². The first-order valence-electron chi connectivity index (χ1n) is 10.6. The van der Waals surface area contributed by atoms with Gasteiger partial charge >= 0.3 is 5.97 Å². The van der Waals surface area contributed by atoms with Crippen LogP contribution in [0, 0.1) is 0 Å². The van der Waals surface area contributed by atoms with E-state index < -0.39 is 24.5 Å². The molecule has 0 radical (unpaired) electrons. The van der Waals surface area contributed by atoms with E-state index in [4.69, 9.17) is 31.9 Å². The van der Waals surface area contributed by atoms with Crippen molar-refractivity contribution >= 4 is 39.4 Å². The predicted octanol–water partition coefficient (Wildman–Crippen LogP) is 3.75. The summed E-state index contributed by atoms with van der Waals surface area (Å²) in [5.74, 6) is -1.33. The number of carboxylic acid groups (broad SMARTS) is 1. The van der Waals surface area contributed by atoms with Crippen LogP contribution >= 0.6 is 27.5 Å². The average Bonchev–Trinajstić information content (AvgIpc) is 2.84. The molecule has 0 aliphatic rings. The molecule has 3 aromatic rings. The Bertz CT molecular complexity index is 1190. The number of benzene rings is 3. The first kappa shape index (κ1) is 26.5. The van der Waals surface area contributed by atoms with Gasteiger partial charge in [-0.15, -0.1) is 0 Å². The third-order valence-corrected chi connectivity index (χ3v) is 6.28. The molecule has 0 bridgehead atoms. The van der Waals surface area contributed by atoms with Crippen LogP contribution in [-0.4, -0.2) is 41.3 Å². The van der Waals surface area contributed by atoms with Gasteiger partial charge < -0.3 is 25.4 Å². The van der Waals surface area contributed by atoms with Gasteiger partial charge in [-0.2, -0.15) is 0 Å². The summed E-state index contributed by atoms with van der Waals surface area (Å²) in [5, 5.41) is 21.3. The summed E-state index contributed by atoms with van der Waals surface area (Å²) >= 11 is 10.1. The number of carbonyl (C=O) groups excluding carboxylic acids is 1. The fourth-order valence-electron chi connectivity index (χ4n) is 3.26. The molecule has 1 atom stereocenters. The fraction of sp³-hybridized carbons (Fsp3) is 0.200. The maximum atomic E-state index is 11.2. The third-order valence-electron chi connectivity index (χ3n) is 5.05. The number of halogens is 2. The number of amides is 1. The standard InChI is InChI=1S/C25H24BrClN2O6/c26-24-16(7-4-8-18(24)15-5-2-1-3-6-15)13-34-22-10-21(35-14-23(28)31)17(9-19(22)27)11-29-20(12-30)25(32)33/h1-10,20,29-30H,11-14H2,(H2,28,31)(H,32,33)/t20-/m0/s1. The molecular formula is C25H24BrClN2O6. The third kappa shape index (κ3) is 7.19.